The molecule has 1 unspecified atom stereocenters. The van der Waals surface area contributed by atoms with Crippen LogP contribution in [0, 0.1) is 5.92 Å². The van der Waals surface area contributed by atoms with E-state index >= 15 is 0 Å². The van der Waals surface area contributed by atoms with E-state index in [1.54, 1.807) is 0 Å². The first kappa shape index (κ1) is 13.1. The average Bonchev–Trinajstić information content (AvgIpc) is 2.42. The van der Waals surface area contributed by atoms with E-state index in [9.17, 15) is 5.11 Å². The number of hydrogen-bond donors (Lipinski definition) is 2. The number of hydrogen-bond acceptors (Lipinski definition) is 2. The molecule has 2 aliphatic carbocycles. The Bertz CT molecular complexity index is 435. The van der Waals surface area contributed by atoms with Gasteiger partial charge in [0.05, 0.1) is 6.61 Å². The first-order valence-electron chi connectivity index (χ1n) is 7.66. The highest BCUT2D eigenvalue weighted by molar-refractivity contribution is 5.40. The lowest BCUT2D eigenvalue weighted by atomic mass is 9.75. The lowest BCUT2D eigenvalue weighted by Crippen LogP contribution is -2.52. The van der Waals surface area contributed by atoms with Gasteiger partial charge in [-0.3, -0.25) is 0 Å². The molecule has 0 amide bonds. The summed E-state index contributed by atoms with van der Waals surface area (Å²) in [6, 6.07) is 8.74. The van der Waals surface area contributed by atoms with Gasteiger partial charge in [0.2, 0.25) is 0 Å². The van der Waals surface area contributed by atoms with E-state index in [4.69, 9.17) is 0 Å². The van der Waals surface area contributed by atoms with E-state index in [0.717, 1.165) is 25.3 Å². The maximum Gasteiger partial charge on any atom is 0.0613 e. The van der Waals surface area contributed by atoms with Gasteiger partial charge in [-0.05, 0) is 49.1 Å². The van der Waals surface area contributed by atoms with Crippen molar-refractivity contribution in [2.45, 2.75) is 50.5 Å². The molecule has 2 N–H and O–H groups in total. The molecule has 0 aromatic heterocycles. The van der Waals surface area contributed by atoms with Crippen molar-refractivity contribution in [1.29, 1.82) is 0 Å². The summed E-state index contributed by atoms with van der Waals surface area (Å²) < 4.78 is 0. The van der Waals surface area contributed by atoms with Gasteiger partial charge in [-0.25, -0.2) is 0 Å². The molecule has 1 fully saturated rings. The zero-order chi connectivity index (χ0) is 13.3. The normalized spacial score (nSPS) is 33.6. The molecule has 104 valence electrons. The van der Waals surface area contributed by atoms with Crippen molar-refractivity contribution in [1.82, 2.24) is 5.32 Å². The topological polar surface area (TPSA) is 32.3 Å². The third-order valence-corrected chi connectivity index (χ3v) is 5.22. The van der Waals surface area contributed by atoms with E-state index in [-0.39, 0.29) is 12.1 Å². The molecule has 3 rings (SSSR count). The van der Waals surface area contributed by atoms with E-state index in [2.05, 4.69) is 36.5 Å². The Kier molecular flexibility index (Phi) is 3.64. The molecular formula is C17H25NO. The summed E-state index contributed by atoms with van der Waals surface area (Å²) in [5.41, 5.74) is 3.01. The number of benzene rings is 1. The van der Waals surface area contributed by atoms with Gasteiger partial charge in [0.25, 0.3) is 0 Å². The minimum absolute atomic E-state index is 0.00293. The third kappa shape index (κ3) is 2.56. The van der Waals surface area contributed by atoms with Crippen molar-refractivity contribution in [3.8, 4) is 0 Å². The molecule has 2 nitrogen and oxygen atoms in total. The van der Waals surface area contributed by atoms with Crippen LogP contribution >= 0.6 is 0 Å². The first-order chi connectivity index (χ1) is 9.22. The van der Waals surface area contributed by atoms with E-state index in [0.29, 0.717) is 5.92 Å². The Morgan fingerprint density at radius 1 is 1.26 bits per heavy atom. The number of nitrogens with one attached hydrogen (secondary N) is 1. The predicted molar refractivity (Wildman–Crippen MR) is 78.3 cm³/mol. The molecule has 0 bridgehead atoms. The minimum atomic E-state index is -0.00293. The van der Waals surface area contributed by atoms with Gasteiger partial charge in [0.1, 0.15) is 0 Å². The largest absolute Gasteiger partial charge is 0.394 e. The van der Waals surface area contributed by atoms with E-state index in [1.807, 2.05) is 0 Å². The first-order valence-corrected chi connectivity index (χ1v) is 7.66. The molecular weight excluding hydrogens is 234 g/mol. The molecule has 1 atom stereocenters. The quantitative estimate of drug-likeness (QED) is 0.871. The van der Waals surface area contributed by atoms with Crippen LogP contribution < -0.4 is 5.32 Å². The fraction of sp³-hybridized carbons (Fsp3) is 0.647. The van der Waals surface area contributed by atoms with Crippen molar-refractivity contribution >= 4 is 0 Å². The highest BCUT2D eigenvalue weighted by atomic mass is 16.3. The van der Waals surface area contributed by atoms with Crippen LogP contribution in [0.2, 0.25) is 0 Å². The molecule has 0 radical (unpaired) electrons. The minimum Gasteiger partial charge on any atom is -0.394 e. The molecule has 1 aromatic rings. The molecule has 0 heterocycles. The SMILES string of the molecule is CC1CCC(CO)(NCC2Cc3ccccc32)CC1. The number of aliphatic hydroxyl groups excluding tert-OH is 1. The Balaban J connectivity index is 1.57. The maximum atomic E-state index is 9.76. The van der Waals surface area contributed by atoms with E-state index < -0.39 is 0 Å². The fourth-order valence-electron chi connectivity index (χ4n) is 3.59. The summed E-state index contributed by atoms with van der Waals surface area (Å²) in [7, 11) is 0. The molecule has 0 saturated heterocycles. The van der Waals surface area contributed by atoms with Crippen molar-refractivity contribution < 1.29 is 5.11 Å². The molecule has 1 aromatic carbocycles. The zero-order valence-electron chi connectivity index (χ0n) is 11.9. The number of aliphatic hydroxyl groups is 1. The Morgan fingerprint density at radius 3 is 2.68 bits per heavy atom. The summed E-state index contributed by atoms with van der Waals surface area (Å²) in [5.74, 6) is 1.48. The van der Waals surface area contributed by atoms with Crippen molar-refractivity contribution in [2.75, 3.05) is 13.2 Å². The van der Waals surface area contributed by atoms with Gasteiger partial charge in [0, 0.05) is 18.0 Å². The maximum absolute atomic E-state index is 9.76. The van der Waals surface area contributed by atoms with Crippen LogP contribution in [0.3, 0.4) is 0 Å². The lowest BCUT2D eigenvalue weighted by Gasteiger charge is -2.41. The molecule has 2 heteroatoms. The molecule has 1 saturated carbocycles. The van der Waals surface area contributed by atoms with Crippen LogP contribution in [-0.2, 0) is 6.42 Å². The standard InChI is InChI=1S/C17H25NO/c1-13-6-8-17(12-19,9-7-13)18-11-15-10-14-4-2-3-5-16(14)15/h2-5,13,15,18-19H,6-12H2,1H3. The van der Waals surface area contributed by atoms with Crippen LogP contribution in [0.4, 0.5) is 0 Å². The molecule has 0 spiro atoms. The van der Waals surface area contributed by atoms with Gasteiger partial charge in [-0.2, -0.15) is 0 Å². The summed E-state index contributed by atoms with van der Waals surface area (Å²) in [4.78, 5) is 0. The van der Waals surface area contributed by atoms with Crippen LogP contribution in [0.1, 0.15) is 49.7 Å². The monoisotopic (exact) mass is 259 g/mol. The van der Waals surface area contributed by atoms with Gasteiger partial charge in [-0.15, -0.1) is 0 Å². The zero-order valence-corrected chi connectivity index (χ0v) is 11.9. The van der Waals surface area contributed by atoms with Crippen LogP contribution in [0.25, 0.3) is 0 Å². The van der Waals surface area contributed by atoms with Crippen LogP contribution in [0.5, 0.6) is 0 Å². The Labute approximate surface area is 116 Å². The van der Waals surface area contributed by atoms with Gasteiger partial charge in [-0.1, -0.05) is 31.2 Å². The van der Waals surface area contributed by atoms with Crippen molar-refractivity contribution in [3.05, 3.63) is 35.4 Å². The summed E-state index contributed by atoms with van der Waals surface area (Å²) in [6.07, 6.45) is 5.93. The smallest absolute Gasteiger partial charge is 0.0613 e. The third-order valence-electron chi connectivity index (χ3n) is 5.22. The summed E-state index contributed by atoms with van der Waals surface area (Å²) >= 11 is 0. The second kappa shape index (κ2) is 5.26. The highest BCUT2D eigenvalue weighted by Crippen LogP contribution is 2.36. The second-order valence-electron chi connectivity index (χ2n) is 6.60. The van der Waals surface area contributed by atoms with Gasteiger partial charge < -0.3 is 10.4 Å². The average molecular weight is 259 g/mol. The number of rotatable bonds is 4. The van der Waals surface area contributed by atoms with Gasteiger partial charge in [0.15, 0.2) is 0 Å². The fourth-order valence-corrected chi connectivity index (χ4v) is 3.59. The number of fused-ring (bicyclic) bond motifs is 1. The van der Waals surface area contributed by atoms with E-state index in [1.165, 1.54) is 30.4 Å². The second-order valence-corrected chi connectivity index (χ2v) is 6.60. The van der Waals surface area contributed by atoms with Crippen LogP contribution in [-0.4, -0.2) is 23.8 Å². The Morgan fingerprint density at radius 2 is 2.00 bits per heavy atom. The van der Waals surface area contributed by atoms with Crippen molar-refractivity contribution in [2.24, 2.45) is 5.92 Å². The predicted octanol–water partition coefficient (Wildman–Crippen LogP) is 2.86. The highest BCUT2D eigenvalue weighted by Gasteiger charge is 2.35. The lowest BCUT2D eigenvalue weighted by molar-refractivity contribution is 0.103. The van der Waals surface area contributed by atoms with Crippen LogP contribution in [0.15, 0.2) is 24.3 Å². The van der Waals surface area contributed by atoms with Gasteiger partial charge >= 0.3 is 0 Å². The Hall–Kier alpha value is -0.860. The van der Waals surface area contributed by atoms with Crippen molar-refractivity contribution in [3.63, 3.8) is 0 Å². The summed E-state index contributed by atoms with van der Waals surface area (Å²) in [5, 5.41) is 13.5. The molecule has 19 heavy (non-hydrogen) atoms. The summed E-state index contributed by atoms with van der Waals surface area (Å²) in [6.45, 7) is 3.63. The molecule has 0 aliphatic heterocycles. The molecule has 2 aliphatic rings.